The van der Waals surface area contributed by atoms with Crippen LogP contribution in [0, 0.1) is 0 Å². The van der Waals surface area contributed by atoms with Crippen LogP contribution in [0.2, 0.25) is 0 Å². The number of thiazole rings is 1. The van der Waals surface area contributed by atoms with Crippen LogP contribution in [0.25, 0.3) is 11.5 Å². The van der Waals surface area contributed by atoms with E-state index in [9.17, 15) is 0 Å². The number of H-pyrrole nitrogens is 1. The highest BCUT2D eigenvalue weighted by Crippen LogP contribution is 2.54. The van der Waals surface area contributed by atoms with Crippen molar-refractivity contribution < 1.29 is 0 Å². The topological polar surface area (TPSA) is 54.5 Å². The predicted octanol–water partition coefficient (Wildman–Crippen LogP) is 3.01. The normalized spacial score (nSPS) is 16.4. The first kappa shape index (κ1) is 10.9. The predicted molar refractivity (Wildman–Crippen MR) is 73.9 cm³/mol. The van der Waals surface area contributed by atoms with Crippen molar-refractivity contribution in [2.75, 3.05) is 0 Å². The van der Waals surface area contributed by atoms with Crippen molar-refractivity contribution in [2.45, 2.75) is 18.3 Å². The van der Waals surface area contributed by atoms with Gasteiger partial charge in [-0.25, -0.2) is 9.97 Å². The van der Waals surface area contributed by atoms with Gasteiger partial charge in [0.05, 0.1) is 0 Å². The number of hydrogen-bond donors (Lipinski definition) is 1. The van der Waals surface area contributed by atoms with Crippen molar-refractivity contribution in [3.8, 4) is 11.5 Å². The molecule has 0 amide bonds. The number of rotatable bonds is 3. The van der Waals surface area contributed by atoms with Gasteiger partial charge in [0, 0.05) is 10.8 Å². The average molecular weight is 268 g/mol. The molecule has 1 fully saturated rings. The van der Waals surface area contributed by atoms with Crippen LogP contribution < -0.4 is 0 Å². The third-order valence-electron chi connectivity index (χ3n) is 3.65. The molecule has 2 heterocycles. The van der Waals surface area contributed by atoms with Crippen LogP contribution in [-0.2, 0) is 5.41 Å². The van der Waals surface area contributed by atoms with Crippen molar-refractivity contribution in [3.05, 3.63) is 52.6 Å². The zero-order valence-electron chi connectivity index (χ0n) is 10.2. The van der Waals surface area contributed by atoms with Gasteiger partial charge in [0.15, 0.2) is 5.82 Å². The van der Waals surface area contributed by atoms with Gasteiger partial charge in [0.25, 0.3) is 0 Å². The first-order valence-electron chi connectivity index (χ1n) is 6.26. The molecule has 1 N–H and O–H groups in total. The van der Waals surface area contributed by atoms with Gasteiger partial charge in [-0.3, -0.25) is 5.10 Å². The SMILES string of the molecule is c1ccc(C2(c3nc(-c4ncn[nH]4)cs3)CC2)cc1. The third kappa shape index (κ3) is 1.69. The van der Waals surface area contributed by atoms with Crippen LogP contribution >= 0.6 is 11.3 Å². The molecule has 3 aromatic rings. The van der Waals surface area contributed by atoms with E-state index < -0.39 is 0 Å². The first-order valence-corrected chi connectivity index (χ1v) is 7.14. The molecule has 0 bridgehead atoms. The van der Waals surface area contributed by atoms with E-state index in [1.807, 2.05) is 0 Å². The first-order chi connectivity index (χ1) is 9.38. The maximum absolute atomic E-state index is 4.75. The van der Waals surface area contributed by atoms with Gasteiger partial charge < -0.3 is 0 Å². The van der Waals surface area contributed by atoms with E-state index in [-0.39, 0.29) is 5.41 Å². The van der Waals surface area contributed by atoms with Gasteiger partial charge in [0.1, 0.15) is 17.0 Å². The molecule has 4 rings (SSSR count). The minimum absolute atomic E-state index is 0.143. The Balaban J connectivity index is 1.74. The molecule has 0 atom stereocenters. The standard InChI is InChI=1S/C14H12N4S/c1-2-4-10(5-3-1)14(6-7-14)13-17-11(8-19-13)12-15-9-16-18-12/h1-5,8-9H,6-7H2,(H,15,16,18). The number of aromatic amines is 1. The monoisotopic (exact) mass is 268 g/mol. The molecule has 0 radical (unpaired) electrons. The van der Waals surface area contributed by atoms with Crippen LogP contribution in [0.5, 0.6) is 0 Å². The van der Waals surface area contributed by atoms with Gasteiger partial charge >= 0.3 is 0 Å². The van der Waals surface area contributed by atoms with E-state index in [0.717, 1.165) is 11.5 Å². The summed E-state index contributed by atoms with van der Waals surface area (Å²) in [6.07, 6.45) is 3.87. The maximum atomic E-state index is 4.75. The highest BCUT2D eigenvalue weighted by atomic mass is 32.1. The van der Waals surface area contributed by atoms with Crippen molar-refractivity contribution in [3.63, 3.8) is 0 Å². The second kappa shape index (κ2) is 3.99. The molecule has 94 valence electrons. The fourth-order valence-electron chi connectivity index (χ4n) is 2.44. The van der Waals surface area contributed by atoms with Gasteiger partial charge in [0.2, 0.25) is 0 Å². The molecule has 1 aliphatic carbocycles. The Kier molecular flexibility index (Phi) is 2.29. The number of aromatic nitrogens is 4. The molecule has 1 aliphatic rings. The highest BCUT2D eigenvalue weighted by molar-refractivity contribution is 7.10. The van der Waals surface area contributed by atoms with Crippen molar-refractivity contribution in [2.24, 2.45) is 0 Å². The summed E-state index contributed by atoms with van der Waals surface area (Å²) in [5, 5.41) is 9.97. The molecule has 0 saturated heterocycles. The number of hydrogen-bond acceptors (Lipinski definition) is 4. The molecule has 0 unspecified atom stereocenters. The zero-order valence-corrected chi connectivity index (χ0v) is 11.0. The second-order valence-corrected chi connectivity index (χ2v) is 5.68. The smallest absolute Gasteiger partial charge is 0.174 e. The van der Waals surface area contributed by atoms with Crippen LogP contribution in [-0.4, -0.2) is 20.2 Å². The van der Waals surface area contributed by atoms with Crippen LogP contribution in [0.3, 0.4) is 0 Å². The average Bonchev–Trinajstić information content (AvgIpc) is 2.92. The van der Waals surface area contributed by atoms with Gasteiger partial charge in [-0.1, -0.05) is 30.3 Å². The minimum atomic E-state index is 0.143. The second-order valence-electron chi connectivity index (χ2n) is 4.82. The Bertz CT molecular complexity index is 683. The van der Waals surface area contributed by atoms with E-state index in [1.54, 1.807) is 11.3 Å². The summed E-state index contributed by atoms with van der Waals surface area (Å²) in [7, 11) is 0. The number of nitrogens with zero attached hydrogens (tertiary/aromatic N) is 3. The molecule has 0 spiro atoms. The van der Waals surface area contributed by atoms with E-state index in [1.165, 1.54) is 29.7 Å². The van der Waals surface area contributed by atoms with Crippen molar-refractivity contribution >= 4 is 11.3 Å². The Hall–Kier alpha value is -2.01. The van der Waals surface area contributed by atoms with Crippen molar-refractivity contribution in [1.29, 1.82) is 0 Å². The van der Waals surface area contributed by atoms with E-state index in [4.69, 9.17) is 4.98 Å². The Morgan fingerprint density at radius 3 is 2.68 bits per heavy atom. The van der Waals surface area contributed by atoms with Crippen molar-refractivity contribution in [1.82, 2.24) is 20.2 Å². The highest BCUT2D eigenvalue weighted by Gasteiger charge is 2.48. The van der Waals surface area contributed by atoms with Crippen LogP contribution in [0.15, 0.2) is 42.0 Å². The molecule has 4 nitrogen and oxygen atoms in total. The lowest BCUT2D eigenvalue weighted by atomic mass is 9.97. The molecule has 2 aromatic heterocycles. The lowest BCUT2D eigenvalue weighted by Crippen LogP contribution is -2.07. The fraction of sp³-hybridized carbons (Fsp3) is 0.214. The van der Waals surface area contributed by atoms with E-state index >= 15 is 0 Å². The van der Waals surface area contributed by atoms with Gasteiger partial charge in [-0.05, 0) is 18.4 Å². The summed E-state index contributed by atoms with van der Waals surface area (Å²) in [6, 6.07) is 10.6. The van der Waals surface area contributed by atoms with E-state index in [2.05, 4.69) is 50.9 Å². The lowest BCUT2D eigenvalue weighted by molar-refractivity contribution is 0.833. The number of nitrogens with one attached hydrogen (secondary N) is 1. The quantitative estimate of drug-likeness (QED) is 0.794. The molecular weight excluding hydrogens is 256 g/mol. The Morgan fingerprint density at radius 1 is 1.16 bits per heavy atom. The summed E-state index contributed by atoms with van der Waals surface area (Å²) < 4.78 is 0. The number of benzene rings is 1. The molecule has 1 aromatic carbocycles. The summed E-state index contributed by atoms with van der Waals surface area (Å²) in [5.74, 6) is 0.742. The largest absolute Gasteiger partial charge is 0.258 e. The fourth-order valence-corrected chi connectivity index (χ4v) is 3.53. The molecule has 0 aliphatic heterocycles. The Morgan fingerprint density at radius 2 is 2.00 bits per heavy atom. The zero-order chi connectivity index (χ0) is 12.7. The third-order valence-corrected chi connectivity index (χ3v) is 4.69. The molecule has 19 heavy (non-hydrogen) atoms. The summed E-state index contributed by atoms with van der Waals surface area (Å²) in [6.45, 7) is 0. The van der Waals surface area contributed by atoms with Gasteiger partial charge in [-0.2, -0.15) is 5.10 Å². The minimum Gasteiger partial charge on any atom is -0.258 e. The van der Waals surface area contributed by atoms with Gasteiger partial charge in [-0.15, -0.1) is 11.3 Å². The molecule has 5 heteroatoms. The lowest BCUT2D eigenvalue weighted by Gasteiger charge is -2.11. The summed E-state index contributed by atoms with van der Waals surface area (Å²) in [5.41, 5.74) is 2.40. The summed E-state index contributed by atoms with van der Waals surface area (Å²) in [4.78, 5) is 8.90. The maximum Gasteiger partial charge on any atom is 0.174 e. The summed E-state index contributed by atoms with van der Waals surface area (Å²) >= 11 is 1.71. The molecule has 1 saturated carbocycles. The Labute approximate surface area is 114 Å². The molecular formula is C14H12N4S. The van der Waals surface area contributed by atoms with E-state index in [0.29, 0.717) is 0 Å². The van der Waals surface area contributed by atoms with Crippen LogP contribution in [0.4, 0.5) is 0 Å². The van der Waals surface area contributed by atoms with Crippen LogP contribution in [0.1, 0.15) is 23.4 Å².